The predicted molar refractivity (Wildman–Crippen MR) is 117 cm³/mol. The lowest BCUT2D eigenvalue weighted by Gasteiger charge is -2.14. The summed E-state index contributed by atoms with van der Waals surface area (Å²) in [4.78, 5) is 25.7. The van der Waals surface area contributed by atoms with Crippen molar-refractivity contribution in [1.82, 2.24) is 15.0 Å². The highest BCUT2D eigenvalue weighted by molar-refractivity contribution is 6.39. The number of amides is 2. The number of aryl methyl sites for hydroxylation is 1. The summed E-state index contributed by atoms with van der Waals surface area (Å²) in [7, 11) is 0. The van der Waals surface area contributed by atoms with E-state index in [9.17, 15) is 4.79 Å². The van der Waals surface area contributed by atoms with Crippen LogP contribution in [0, 0.1) is 6.92 Å². The van der Waals surface area contributed by atoms with E-state index in [1.807, 2.05) is 24.3 Å². The maximum Gasteiger partial charge on any atom is 0.324 e. The number of anilines is 2. The molecule has 29 heavy (non-hydrogen) atoms. The normalized spacial score (nSPS) is 10.7. The minimum Gasteiger partial charge on any atom is -0.308 e. The molecule has 4 aromatic rings. The Bertz CT molecular complexity index is 1190. The number of para-hydroxylation sites is 1. The number of pyridine rings is 1. The molecule has 0 fully saturated rings. The Morgan fingerprint density at radius 3 is 2.38 bits per heavy atom. The quantitative estimate of drug-likeness (QED) is 0.426. The van der Waals surface area contributed by atoms with Gasteiger partial charge in [0.25, 0.3) is 0 Å². The van der Waals surface area contributed by atoms with Crippen molar-refractivity contribution in [2.45, 2.75) is 6.92 Å². The van der Waals surface area contributed by atoms with Crippen molar-refractivity contribution >= 4 is 51.8 Å². The van der Waals surface area contributed by atoms with Gasteiger partial charge in [-0.25, -0.2) is 19.7 Å². The zero-order chi connectivity index (χ0) is 20.4. The molecule has 0 radical (unpaired) electrons. The van der Waals surface area contributed by atoms with Crippen LogP contribution in [-0.2, 0) is 0 Å². The number of halogens is 2. The Labute approximate surface area is 176 Å². The Balaban J connectivity index is 1.81. The smallest absolute Gasteiger partial charge is 0.308 e. The first-order chi connectivity index (χ1) is 14.0. The minimum absolute atomic E-state index is 0.291. The second-order valence-electron chi connectivity index (χ2n) is 6.26. The summed E-state index contributed by atoms with van der Waals surface area (Å²) in [6.45, 7) is 1.77. The van der Waals surface area contributed by atoms with E-state index in [4.69, 9.17) is 23.2 Å². The van der Waals surface area contributed by atoms with Gasteiger partial charge in [-0.3, -0.25) is 5.32 Å². The summed E-state index contributed by atoms with van der Waals surface area (Å²) in [5, 5.41) is 7.14. The Hall–Kier alpha value is -3.22. The first kappa shape index (κ1) is 19.1. The van der Waals surface area contributed by atoms with Crippen LogP contribution in [0.4, 0.5) is 16.3 Å². The summed E-state index contributed by atoms with van der Waals surface area (Å²) in [5.74, 6) is 0.868. The predicted octanol–water partition coefficient (Wildman–Crippen LogP) is 5.95. The number of benzene rings is 2. The number of fused-ring (bicyclic) bond motifs is 1. The molecule has 8 heteroatoms. The number of nitrogens with zero attached hydrogens (tertiary/aromatic N) is 3. The number of carbonyl (C=O) groups is 1. The summed E-state index contributed by atoms with van der Waals surface area (Å²) in [5.41, 5.74) is 2.25. The van der Waals surface area contributed by atoms with Gasteiger partial charge in [-0.2, -0.15) is 0 Å². The van der Waals surface area contributed by atoms with Gasteiger partial charge in [-0.15, -0.1) is 0 Å². The first-order valence-electron chi connectivity index (χ1n) is 8.73. The summed E-state index contributed by atoms with van der Waals surface area (Å²) in [6, 6.07) is 15.7. The highest BCUT2D eigenvalue weighted by atomic mass is 35.5. The summed E-state index contributed by atoms with van der Waals surface area (Å²) >= 11 is 12.8. The van der Waals surface area contributed by atoms with Crippen molar-refractivity contribution in [1.29, 1.82) is 0 Å². The van der Waals surface area contributed by atoms with Crippen LogP contribution in [-0.4, -0.2) is 21.0 Å². The van der Waals surface area contributed by atoms with E-state index in [0.717, 1.165) is 0 Å². The van der Waals surface area contributed by atoms with Gasteiger partial charge in [0.15, 0.2) is 5.65 Å². The van der Waals surface area contributed by atoms with Gasteiger partial charge in [0.05, 0.1) is 10.0 Å². The molecule has 0 aliphatic heterocycles. The molecule has 0 saturated carbocycles. The van der Waals surface area contributed by atoms with Crippen LogP contribution in [0.3, 0.4) is 0 Å². The van der Waals surface area contributed by atoms with Crippen molar-refractivity contribution in [3.63, 3.8) is 0 Å². The molecule has 2 aromatic carbocycles. The van der Waals surface area contributed by atoms with E-state index < -0.39 is 6.03 Å². The van der Waals surface area contributed by atoms with Crippen LogP contribution in [0.5, 0.6) is 0 Å². The first-order valence-corrected chi connectivity index (χ1v) is 9.48. The number of carbonyl (C=O) groups excluding carboxylic acids is 1. The number of nitrogens with one attached hydrogen (secondary N) is 2. The number of aromatic nitrogens is 3. The highest BCUT2D eigenvalue weighted by Gasteiger charge is 2.18. The topological polar surface area (TPSA) is 79.8 Å². The van der Waals surface area contributed by atoms with Crippen molar-refractivity contribution in [3.05, 3.63) is 76.7 Å². The van der Waals surface area contributed by atoms with Gasteiger partial charge in [0.2, 0.25) is 0 Å². The van der Waals surface area contributed by atoms with E-state index >= 15 is 0 Å². The number of rotatable bonds is 3. The Kier molecular flexibility index (Phi) is 5.29. The van der Waals surface area contributed by atoms with Crippen LogP contribution in [0.2, 0.25) is 10.0 Å². The number of hydrogen-bond acceptors (Lipinski definition) is 4. The highest BCUT2D eigenvalue weighted by Crippen LogP contribution is 2.39. The van der Waals surface area contributed by atoms with Gasteiger partial charge in [0, 0.05) is 28.4 Å². The second kappa shape index (κ2) is 8.03. The second-order valence-corrected chi connectivity index (χ2v) is 7.07. The van der Waals surface area contributed by atoms with Crippen LogP contribution >= 0.6 is 23.2 Å². The van der Waals surface area contributed by atoms with Crippen LogP contribution in [0.25, 0.3) is 22.2 Å². The lowest BCUT2D eigenvalue weighted by molar-refractivity contribution is 0.262. The third-order valence-electron chi connectivity index (χ3n) is 4.18. The standard InChI is InChI=1S/C21H15Cl2N5O/c1-12-24-11-13-10-15(18-16(22)8-5-9-17(18)23)20(27-19(13)25-12)28-21(29)26-14-6-3-2-4-7-14/h2-11H,1H3,(H2,24,25,26,27,28,29). The fraction of sp³-hybridized carbons (Fsp3) is 0.0476. The molecule has 2 N–H and O–H groups in total. The van der Waals surface area contributed by atoms with Crippen LogP contribution in [0.1, 0.15) is 5.82 Å². The van der Waals surface area contributed by atoms with Crippen molar-refractivity contribution in [2.75, 3.05) is 10.6 Å². The monoisotopic (exact) mass is 423 g/mol. The molecule has 0 aliphatic rings. The lowest BCUT2D eigenvalue weighted by atomic mass is 10.0. The summed E-state index contributed by atoms with van der Waals surface area (Å²) in [6.07, 6.45) is 1.67. The molecule has 2 aromatic heterocycles. The molecule has 2 amide bonds. The maximum atomic E-state index is 12.6. The molecule has 144 valence electrons. The van der Waals surface area contributed by atoms with E-state index in [1.165, 1.54) is 0 Å². The molecule has 6 nitrogen and oxygen atoms in total. The van der Waals surface area contributed by atoms with Gasteiger partial charge >= 0.3 is 6.03 Å². The molecule has 4 rings (SSSR count). The van der Waals surface area contributed by atoms with Crippen molar-refractivity contribution in [3.8, 4) is 11.1 Å². The van der Waals surface area contributed by atoms with E-state index in [-0.39, 0.29) is 0 Å². The molecule has 0 atom stereocenters. The molecule has 0 bridgehead atoms. The molecular weight excluding hydrogens is 409 g/mol. The molecule has 0 saturated heterocycles. The molecular formula is C21H15Cl2N5O. The van der Waals surface area contributed by atoms with Gasteiger partial charge < -0.3 is 5.32 Å². The maximum absolute atomic E-state index is 12.6. The van der Waals surface area contributed by atoms with Crippen LogP contribution in [0.15, 0.2) is 60.8 Å². The van der Waals surface area contributed by atoms with Gasteiger partial charge in [-0.1, -0.05) is 47.5 Å². The van der Waals surface area contributed by atoms with Gasteiger partial charge in [0.1, 0.15) is 11.6 Å². The van der Waals surface area contributed by atoms with Crippen molar-refractivity contribution < 1.29 is 4.79 Å². The van der Waals surface area contributed by atoms with Crippen LogP contribution < -0.4 is 10.6 Å². The van der Waals surface area contributed by atoms with Gasteiger partial charge in [-0.05, 0) is 37.3 Å². The lowest BCUT2D eigenvalue weighted by Crippen LogP contribution is -2.20. The number of urea groups is 1. The third-order valence-corrected chi connectivity index (χ3v) is 4.81. The zero-order valence-electron chi connectivity index (χ0n) is 15.3. The Morgan fingerprint density at radius 2 is 1.66 bits per heavy atom. The molecule has 2 heterocycles. The Morgan fingerprint density at radius 1 is 0.931 bits per heavy atom. The minimum atomic E-state index is -0.446. The van der Waals surface area contributed by atoms with Crippen molar-refractivity contribution in [2.24, 2.45) is 0 Å². The fourth-order valence-corrected chi connectivity index (χ4v) is 3.48. The molecule has 0 unspecified atom stereocenters. The van der Waals surface area contributed by atoms with E-state index in [2.05, 4.69) is 25.6 Å². The SMILES string of the molecule is Cc1ncc2cc(-c3c(Cl)cccc3Cl)c(NC(=O)Nc3ccccc3)nc2n1. The summed E-state index contributed by atoms with van der Waals surface area (Å²) < 4.78 is 0. The fourth-order valence-electron chi connectivity index (χ4n) is 2.88. The molecule has 0 aliphatic carbocycles. The molecule has 0 spiro atoms. The van der Waals surface area contributed by atoms with E-state index in [0.29, 0.717) is 49.5 Å². The van der Waals surface area contributed by atoms with E-state index in [1.54, 1.807) is 43.5 Å². The third kappa shape index (κ3) is 4.13. The average Bonchev–Trinajstić information content (AvgIpc) is 2.69. The number of hydrogen-bond donors (Lipinski definition) is 2. The largest absolute Gasteiger partial charge is 0.324 e. The average molecular weight is 424 g/mol. The zero-order valence-corrected chi connectivity index (χ0v) is 16.8.